The van der Waals surface area contributed by atoms with Crippen LogP contribution in [0.2, 0.25) is 0 Å². The highest BCUT2D eigenvalue weighted by Gasteiger charge is 2.11. The van der Waals surface area contributed by atoms with Crippen LogP contribution in [0.4, 0.5) is 5.95 Å². The number of rotatable bonds is 2. The molecule has 0 spiro atoms. The molecular formula is C11H8BrN5O. The maximum atomic E-state index is 5.71. The molecule has 0 fully saturated rings. The van der Waals surface area contributed by atoms with E-state index in [9.17, 15) is 0 Å². The van der Waals surface area contributed by atoms with Gasteiger partial charge in [0.05, 0.1) is 10.8 Å². The molecule has 0 atom stereocenters. The number of anilines is 1. The van der Waals surface area contributed by atoms with E-state index in [0.29, 0.717) is 22.8 Å². The number of aromatic amines is 1. The first-order chi connectivity index (χ1) is 8.74. The van der Waals surface area contributed by atoms with Gasteiger partial charge >= 0.3 is 0 Å². The molecule has 0 bridgehead atoms. The maximum absolute atomic E-state index is 5.71. The van der Waals surface area contributed by atoms with Gasteiger partial charge in [0, 0.05) is 0 Å². The fraction of sp³-hybridized carbons (Fsp3) is 0. The predicted molar refractivity (Wildman–Crippen MR) is 70.3 cm³/mol. The third-order valence-corrected chi connectivity index (χ3v) is 2.97. The summed E-state index contributed by atoms with van der Waals surface area (Å²) >= 11 is 3.40. The molecule has 3 rings (SSSR count). The SMILES string of the molecule is Nc1nc(Oc2ccccc2Br)c2[nH]cnc2n1. The van der Waals surface area contributed by atoms with Gasteiger partial charge in [-0.05, 0) is 28.1 Å². The lowest BCUT2D eigenvalue weighted by atomic mass is 10.3. The summed E-state index contributed by atoms with van der Waals surface area (Å²) in [5.74, 6) is 1.12. The molecule has 2 aromatic heterocycles. The van der Waals surface area contributed by atoms with Crippen molar-refractivity contribution in [2.75, 3.05) is 5.73 Å². The average molecular weight is 306 g/mol. The largest absolute Gasteiger partial charge is 0.436 e. The van der Waals surface area contributed by atoms with E-state index in [1.807, 2.05) is 24.3 Å². The van der Waals surface area contributed by atoms with Crippen LogP contribution in [-0.4, -0.2) is 19.9 Å². The molecule has 18 heavy (non-hydrogen) atoms. The van der Waals surface area contributed by atoms with Crippen LogP contribution in [-0.2, 0) is 0 Å². The molecule has 0 unspecified atom stereocenters. The van der Waals surface area contributed by atoms with Crippen molar-refractivity contribution in [3.05, 3.63) is 35.1 Å². The number of hydrogen-bond acceptors (Lipinski definition) is 5. The minimum absolute atomic E-state index is 0.122. The van der Waals surface area contributed by atoms with E-state index < -0.39 is 0 Å². The van der Waals surface area contributed by atoms with Crippen LogP contribution in [0.3, 0.4) is 0 Å². The van der Waals surface area contributed by atoms with Crippen molar-refractivity contribution in [1.82, 2.24) is 19.9 Å². The van der Waals surface area contributed by atoms with Crippen molar-refractivity contribution < 1.29 is 4.74 Å². The number of nitrogens with zero attached hydrogens (tertiary/aromatic N) is 3. The zero-order chi connectivity index (χ0) is 12.5. The Morgan fingerprint density at radius 1 is 1.22 bits per heavy atom. The van der Waals surface area contributed by atoms with Crippen molar-refractivity contribution in [1.29, 1.82) is 0 Å². The number of hydrogen-bond donors (Lipinski definition) is 2. The summed E-state index contributed by atoms with van der Waals surface area (Å²) in [4.78, 5) is 15.0. The first kappa shape index (κ1) is 11.0. The Morgan fingerprint density at radius 3 is 2.89 bits per heavy atom. The molecular weight excluding hydrogens is 298 g/mol. The van der Waals surface area contributed by atoms with Crippen molar-refractivity contribution in [2.45, 2.75) is 0 Å². The molecule has 3 aromatic rings. The number of halogens is 1. The summed E-state index contributed by atoms with van der Waals surface area (Å²) in [6.45, 7) is 0. The first-order valence-electron chi connectivity index (χ1n) is 5.13. The van der Waals surface area contributed by atoms with Crippen LogP contribution in [0.15, 0.2) is 35.1 Å². The number of nitrogens with one attached hydrogen (secondary N) is 1. The highest BCUT2D eigenvalue weighted by molar-refractivity contribution is 9.10. The van der Waals surface area contributed by atoms with E-state index in [0.717, 1.165) is 4.47 Å². The number of benzene rings is 1. The van der Waals surface area contributed by atoms with Gasteiger partial charge in [0.1, 0.15) is 11.3 Å². The van der Waals surface area contributed by atoms with Crippen LogP contribution in [0, 0.1) is 0 Å². The summed E-state index contributed by atoms with van der Waals surface area (Å²) in [7, 11) is 0. The monoisotopic (exact) mass is 305 g/mol. The van der Waals surface area contributed by atoms with Gasteiger partial charge in [-0.15, -0.1) is 0 Å². The van der Waals surface area contributed by atoms with Crippen LogP contribution in [0.25, 0.3) is 11.2 Å². The molecule has 0 aliphatic carbocycles. The zero-order valence-corrected chi connectivity index (χ0v) is 10.7. The van der Waals surface area contributed by atoms with Gasteiger partial charge in [0.2, 0.25) is 5.95 Å². The molecule has 3 N–H and O–H groups in total. The number of fused-ring (bicyclic) bond motifs is 1. The van der Waals surface area contributed by atoms with Crippen molar-refractivity contribution in [3.63, 3.8) is 0 Å². The minimum atomic E-state index is 0.122. The standard InChI is InChI=1S/C11H8BrN5O/c12-6-3-1-2-4-7(6)18-10-8-9(15-5-14-8)16-11(13)17-10/h1-5H,(H3,13,14,15,16,17). The summed E-state index contributed by atoms with van der Waals surface area (Å²) in [5.41, 5.74) is 6.70. The molecule has 1 aromatic carbocycles. The molecule has 7 heteroatoms. The third kappa shape index (κ3) is 1.88. The van der Waals surface area contributed by atoms with E-state index >= 15 is 0 Å². The van der Waals surface area contributed by atoms with E-state index in [-0.39, 0.29) is 5.95 Å². The number of aromatic nitrogens is 4. The highest BCUT2D eigenvalue weighted by atomic mass is 79.9. The molecule has 0 amide bonds. The minimum Gasteiger partial charge on any atom is -0.436 e. The Bertz CT molecular complexity index is 711. The lowest BCUT2D eigenvalue weighted by molar-refractivity contribution is 0.465. The topological polar surface area (TPSA) is 89.7 Å². The molecule has 0 saturated heterocycles. The lowest BCUT2D eigenvalue weighted by Crippen LogP contribution is -1.98. The number of nitrogens with two attached hydrogens (primary N) is 1. The van der Waals surface area contributed by atoms with Crippen LogP contribution < -0.4 is 10.5 Å². The van der Waals surface area contributed by atoms with E-state index in [1.165, 1.54) is 6.33 Å². The molecule has 0 radical (unpaired) electrons. The number of para-hydroxylation sites is 1. The fourth-order valence-electron chi connectivity index (χ4n) is 1.53. The third-order valence-electron chi connectivity index (χ3n) is 2.31. The quantitative estimate of drug-likeness (QED) is 0.759. The Kier molecular flexibility index (Phi) is 2.60. The summed E-state index contributed by atoms with van der Waals surface area (Å²) in [6.07, 6.45) is 1.52. The second kappa shape index (κ2) is 4.26. The van der Waals surface area contributed by atoms with Crippen molar-refractivity contribution in [2.24, 2.45) is 0 Å². The Morgan fingerprint density at radius 2 is 2.06 bits per heavy atom. The van der Waals surface area contributed by atoms with Gasteiger partial charge in [-0.3, -0.25) is 0 Å². The van der Waals surface area contributed by atoms with E-state index in [2.05, 4.69) is 35.9 Å². The normalized spacial score (nSPS) is 10.7. The molecule has 0 aliphatic heterocycles. The second-order valence-corrected chi connectivity index (χ2v) is 4.37. The van der Waals surface area contributed by atoms with Gasteiger partial charge < -0.3 is 15.5 Å². The van der Waals surface area contributed by atoms with Gasteiger partial charge in [-0.25, -0.2) is 4.98 Å². The number of H-pyrrole nitrogens is 1. The van der Waals surface area contributed by atoms with Gasteiger partial charge in [-0.1, -0.05) is 12.1 Å². The molecule has 0 aliphatic rings. The highest BCUT2D eigenvalue weighted by Crippen LogP contribution is 2.31. The summed E-state index contributed by atoms with van der Waals surface area (Å²) in [6, 6.07) is 7.47. The van der Waals surface area contributed by atoms with E-state index in [1.54, 1.807) is 0 Å². The lowest BCUT2D eigenvalue weighted by Gasteiger charge is -2.07. The van der Waals surface area contributed by atoms with Crippen LogP contribution in [0.5, 0.6) is 11.6 Å². The molecule has 2 heterocycles. The number of ether oxygens (including phenoxy) is 1. The maximum Gasteiger partial charge on any atom is 0.250 e. The van der Waals surface area contributed by atoms with Gasteiger partial charge in [-0.2, -0.15) is 9.97 Å². The zero-order valence-electron chi connectivity index (χ0n) is 9.09. The van der Waals surface area contributed by atoms with Gasteiger partial charge in [0.15, 0.2) is 5.65 Å². The first-order valence-corrected chi connectivity index (χ1v) is 5.92. The predicted octanol–water partition coefficient (Wildman–Crippen LogP) is 2.49. The Balaban J connectivity index is 2.10. The smallest absolute Gasteiger partial charge is 0.250 e. The Hall–Kier alpha value is -2.15. The summed E-state index contributed by atoms with van der Waals surface area (Å²) in [5, 5.41) is 0. The molecule has 0 saturated carbocycles. The van der Waals surface area contributed by atoms with Crippen molar-refractivity contribution in [3.8, 4) is 11.6 Å². The Labute approximate surface area is 110 Å². The molecule has 6 nitrogen and oxygen atoms in total. The molecule has 90 valence electrons. The number of nitrogen functional groups attached to an aromatic ring is 1. The van der Waals surface area contributed by atoms with Crippen molar-refractivity contribution >= 4 is 33.0 Å². The van der Waals surface area contributed by atoms with E-state index in [4.69, 9.17) is 10.5 Å². The number of imidazole rings is 1. The van der Waals surface area contributed by atoms with Crippen LogP contribution in [0.1, 0.15) is 0 Å². The average Bonchev–Trinajstić information content (AvgIpc) is 2.80. The second-order valence-electron chi connectivity index (χ2n) is 3.52. The fourth-order valence-corrected chi connectivity index (χ4v) is 1.89. The van der Waals surface area contributed by atoms with Gasteiger partial charge in [0.25, 0.3) is 5.88 Å². The summed E-state index contributed by atoms with van der Waals surface area (Å²) < 4.78 is 6.54. The van der Waals surface area contributed by atoms with Crippen LogP contribution >= 0.6 is 15.9 Å².